The van der Waals surface area contributed by atoms with Crippen molar-refractivity contribution in [3.63, 3.8) is 0 Å². The maximum absolute atomic E-state index is 10.7. The van der Waals surface area contributed by atoms with E-state index in [0.717, 1.165) is 34.5 Å². The minimum atomic E-state index is -3.61. The number of benzene rings is 1. The number of aromatic nitrogens is 2. The molecule has 126 valence electrons. The van der Waals surface area contributed by atoms with Crippen molar-refractivity contribution in [1.82, 2.24) is 14.7 Å². The molecule has 1 aromatic heterocycles. The van der Waals surface area contributed by atoms with Gasteiger partial charge in [0, 0.05) is 18.5 Å². The van der Waals surface area contributed by atoms with Crippen molar-refractivity contribution in [2.75, 3.05) is 25.5 Å². The fraction of sp³-hybridized carbons (Fsp3) is 0.429. The third-order valence-corrected chi connectivity index (χ3v) is 3.96. The minimum Gasteiger partial charge on any atom is -0.496 e. The van der Waals surface area contributed by atoms with Crippen LogP contribution in [0.1, 0.15) is 18.4 Å². The van der Waals surface area contributed by atoms with Crippen molar-refractivity contribution in [3.05, 3.63) is 24.0 Å². The van der Waals surface area contributed by atoms with Crippen LogP contribution in [0.25, 0.3) is 10.9 Å². The zero-order valence-electron chi connectivity index (χ0n) is 13.2. The lowest BCUT2D eigenvalue weighted by atomic mass is 10.1. The monoisotopic (exact) mass is 339 g/mol. The van der Waals surface area contributed by atoms with E-state index in [2.05, 4.69) is 20.0 Å². The largest absolute Gasteiger partial charge is 0.496 e. The van der Waals surface area contributed by atoms with Gasteiger partial charge in [-0.3, -0.25) is 0 Å². The molecule has 8 nitrogen and oxygen atoms in total. The third-order valence-electron chi connectivity index (χ3n) is 3.35. The summed E-state index contributed by atoms with van der Waals surface area (Å²) in [7, 11) is -1.98. The molecular weight excluding hydrogens is 318 g/mol. The fourth-order valence-corrected chi connectivity index (χ4v) is 2.65. The number of hydrogen-bond donors (Lipinski definition) is 3. The van der Waals surface area contributed by atoms with Crippen LogP contribution >= 0.6 is 0 Å². The van der Waals surface area contributed by atoms with E-state index >= 15 is 0 Å². The van der Waals surface area contributed by atoms with Gasteiger partial charge < -0.3 is 10.1 Å². The highest BCUT2D eigenvalue weighted by Crippen LogP contribution is 2.27. The maximum Gasteiger partial charge on any atom is 0.274 e. The summed E-state index contributed by atoms with van der Waals surface area (Å²) in [5, 5.41) is 8.99. The molecular formula is C14H21N5O3S. The van der Waals surface area contributed by atoms with Crippen molar-refractivity contribution in [1.29, 1.82) is 0 Å². The van der Waals surface area contributed by atoms with E-state index in [4.69, 9.17) is 9.88 Å². The number of ether oxygens (including phenoxy) is 1. The van der Waals surface area contributed by atoms with Crippen LogP contribution in [-0.2, 0) is 10.2 Å². The van der Waals surface area contributed by atoms with E-state index in [1.54, 1.807) is 7.11 Å². The Kier molecular flexibility index (Phi) is 5.69. The standard InChI is InChI=1S/C14H21N5O3S/c1-10-7-12-11(8-13(10)22-2)14(18-9-17-12)16-5-3-4-6-19-23(15,20)21/h7-9,19H,3-6H2,1-2H3,(H2,15,20,21)(H,16,17,18). The Morgan fingerprint density at radius 3 is 2.65 bits per heavy atom. The molecule has 0 aliphatic carbocycles. The molecule has 1 heterocycles. The minimum absolute atomic E-state index is 0.318. The lowest BCUT2D eigenvalue weighted by Crippen LogP contribution is -2.31. The van der Waals surface area contributed by atoms with Crippen molar-refractivity contribution in [3.8, 4) is 5.75 Å². The molecule has 0 spiro atoms. The second-order valence-electron chi connectivity index (χ2n) is 5.13. The molecule has 23 heavy (non-hydrogen) atoms. The van der Waals surface area contributed by atoms with Crippen molar-refractivity contribution in [2.45, 2.75) is 19.8 Å². The molecule has 0 atom stereocenters. The molecule has 0 saturated heterocycles. The van der Waals surface area contributed by atoms with Gasteiger partial charge in [0.2, 0.25) is 0 Å². The van der Waals surface area contributed by atoms with Gasteiger partial charge in [0.25, 0.3) is 10.2 Å². The van der Waals surface area contributed by atoms with Crippen molar-refractivity contribution in [2.24, 2.45) is 5.14 Å². The average molecular weight is 339 g/mol. The Balaban J connectivity index is 1.97. The molecule has 2 aromatic rings. The summed E-state index contributed by atoms with van der Waals surface area (Å²) in [6, 6.07) is 3.87. The fourth-order valence-electron chi connectivity index (χ4n) is 2.22. The first-order valence-corrected chi connectivity index (χ1v) is 8.76. The topological polar surface area (TPSA) is 119 Å². The highest BCUT2D eigenvalue weighted by atomic mass is 32.2. The molecule has 0 aliphatic rings. The summed E-state index contributed by atoms with van der Waals surface area (Å²) in [5.74, 6) is 1.51. The van der Waals surface area contributed by atoms with E-state index in [0.29, 0.717) is 19.5 Å². The molecule has 9 heteroatoms. The van der Waals surface area contributed by atoms with Gasteiger partial charge in [0.1, 0.15) is 17.9 Å². The number of fused-ring (bicyclic) bond motifs is 1. The second-order valence-corrected chi connectivity index (χ2v) is 6.51. The van der Waals surface area contributed by atoms with Gasteiger partial charge in [-0.25, -0.2) is 19.8 Å². The first-order chi connectivity index (χ1) is 10.9. The summed E-state index contributed by atoms with van der Waals surface area (Å²) in [6.45, 7) is 2.94. The summed E-state index contributed by atoms with van der Waals surface area (Å²) < 4.78 is 29.1. The number of hydrogen-bond acceptors (Lipinski definition) is 6. The first-order valence-electron chi connectivity index (χ1n) is 7.21. The van der Waals surface area contributed by atoms with E-state index in [1.165, 1.54) is 6.33 Å². The lowest BCUT2D eigenvalue weighted by molar-refractivity contribution is 0.412. The van der Waals surface area contributed by atoms with Gasteiger partial charge in [-0.2, -0.15) is 8.42 Å². The van der Waals surface area contributed by atoms with Crippen LogP contribution in [0.2, 0.25) is 0 Å². The van der Waals surface area contributed by atoms with Gasteiger partial charge >= 0.3 is 0 Å². The van der Waals surface area contributed by atoms with Crippen LogP contribution < -0.4 is 19.9 Å². The zero-order chi connectivity index (χ0) is 16.9. The molecule has 0 radical (unpaired) electrons. The van der Waals surface area contributed by atoms with E-state index in [-0.39, 0.29) is 0 Å². The van der Waals surface area contributed by atoms with Crippen LogP contribution in [0.5, 0.6) is 5.75 Å². The van der Waals surface area contributed by atoms with Gasteiger partial charge in [-0.1, -0.05) is 0 Å². The predicted octanol–water partition coefficient (Wildman–Crippen LogP) is 0.932. The molecule has 2 rings (SSSR count). The van der Waals surface area contributed by atoms with Crippen LogP contribution in [0.15, 0.2) is 18.5 Å². The van der Waals surface area contributed by atoms with E-state index < -0.39 is 10.2 Å². The van der Waals surface area contributed by atoms with Crippen molar-refractivity contribution >= 4 is 26.9 Å². The Hall–Kier alpha value is -1.97. The first kappa shape index (κ1) is 17.4. The molecule has 0 aliphatic heterocycles. The molecule has 0 amide bonds. The number of aryl methyl sites for hydroxylation is 1. The highest BCUT2D eigenvalue weighted by Gasteiger charge is 2.07. The number of unbranched alkanes of at least 4 members (excludes halogenated alkanes) is 1. The molecule has 0 unspecified atom stereocenters. The smallest absolute Gasteiger partial charge is 0.274 e. The number of anilines is 1. The van der Waals surface area contributed by atoms with Crippen LogP contribution in [0.4, 0.5) is 5.82 Å². The van der Waals surface area contributed by atoms with Crippen LogP contribution in [0.3, 0.4) is 0 Å². The zero-order valence-corrected chi connectivity index (χ0v) is 14.0. The van der Waals surface area contributed by atoms with Gasteiger partial charge in [-0.15, -0.1) is 0 Å². The Labute approximate surface area is 135 Å². The summed E-state index contributed by atoms with van der Waals surface area (Å²) >= 11 is 0. The van der Waals surface area contributed by atoms with Crippen LogP contribution in [-0.4, -0.2) is 38.6 Å². The predicted molar refractivity (Wildman–Crippen MR) is 89.7 cm³/mol. The Morgan fingerprint density at radius 2 is 1.96 bits per heavy atom. The summed E-state index contributed by atoms with van der Waals surface area (Å²) in [6.07, 6.45) is 2.96. The van der Waals surface area contributed by atoms with E-state index in [1.807, 2.05) is 19.1 Å². The number of nitrogens with two attached hydrogens (primary N) is 1. The van der Waals surface area contributed by atoms with Gasteiger partial charge in [0.05, 0.1) is 12.6 Å². The molecule has 1 aromatic carbocycles. The quantitative estimate of drug-likeness (QED) is 0.616. The number of nitrogens with zero attached hydrogens (tertiary/aromatic N) is 2. The maximum atomic E-state index is 10.7. The summed E-state index contributed by atoms with van der Waals surface area (Å²) in [5.41, 5.74) is 1.86. The molecule has 0 fully saturated rings. The Bertz CT molecular complexity index is 779. The Morgan fingerprint density at radius 1 is 1.22 bits per heavy atom. The summed E-state index contributed by atoms with van der Waals surface area (Å²) in [4.78, 5) is 8.53. The van der Waals surface area contributed by atoms with Crippen molar-refractivity contribution < 1.29 is 13.2 Å². The number of methoxy groups -OCH3 is 1. The molecule has 0 bridgehead atoms. The highest BCUT2D eigenvalue weighted by molar-refractivity contribution is 7.87. The van der Waals surface area contributed by atoms with Crippen LogP contribution in [0, 0.1) is 6.92 Å². The normalized spacial score (nSPS) is 11.6. The van der Waals surface area contributed by atoms with E-state index in [9.17, 15) is 8.42 Å². The number of rotatable bonds is 8. The second kappa shape index (κ2) is 7.53. The SMILES string of the molecule is COc1cc2c(NCCCCNS(N)(=O)=O)ncnc2cc1C. The average Bonchev–Trinajstić information content (AvgIpc) is 2.49. The molecule has 4 N–H and O–H groups in total. The van der Waals surface area contributed by atoms with Gasteiger partial charge in [-0.05, 0) is 37.5 Å². The number of nitrogens with one attached hydrogen (secondary N) is 2. The van der Waals surface area contributed by atoms with Gasteiger partial charge in [0.15, 0.2) is 0 Å². The molecule has 0 saturated carbocycles. The lowest BCUT2D eigenvalue weighted by Gasteiger charge is -2.11. The third kappa shape index (κ3) is 5.02.